The van der Waals surface area contributed by atoms with Gasteiger partial charge in [-0.25, -0.2) is 4.79 Å². The average molecular weight is 369 g/mol. The molecule has 1 saturated carbocycles. The highest BCUT2D eigenvalue weighted by Crippen LogP contribution is 2.31. The van der Waals surface area contributed by atoms with Gasteiger partial charge in [0.2, 0.25) is 5.89 Å². The van der Waals surface area contributed by atoms with E-state index in [1.807, 2.05) is 13.8 Å². The first-order valence-corrected chi connectivity index (χ1v) is 10.7. The Morgan fingerprint density at radius 2 is 2.04 bits per heavy atom. The van der Waals surface area contributed by atoms with Crippen LogP contribution in [0.3, 0.4) is 0 Å². The quantitative estimate of drug-likeness (QED) is 0.886. The summed E-state index contributed by atoms with van der Waals surface area (Å²) in [6.07, 6.45) is 6.71. The zero-order valence-corrected chi connectivity index (χ0v) is 15.9. The van der Waals surface area contributed by atoms with E-state index in [1.54, 1.807) is 4.90 Å². The van der Waals surface area contributed by atoms with E-state index < -0.39 is 10.8 Å². The van der Waals surface area contributed by atoms with E-state index in [-0.39, 0.29) is 17.3 Å². The normalized spacial score (nSPS) is 26.9. The van der Waals surface area contributed by atoms with Gasteiger partial charge in [-0.1, -0.05) is 31.3 Å². The van der Waals surface area contributed by atoms with Crippen molar-refractivity contribution in [2.24, 2.45) is 0 Å². The fourth-order valence-corrected chi connectivity index (χ4v) is 4.64. The lowest BCUT2D eigenvalue weighted by Crippen LogP contribution is -2.42. The summed E-state index contributed by atoms with van der Waals surface area (Å²) in [7, 11) is -0.850. The first-order chi connectivity index (χ1) is 12.0. The van der Waals surface area contributed by atoms with Crippen LogP contribution >= 0.6 is 0 Å². The molecule has 3 unspecified atom stereocenters. The third kappa shape index (κ3) is 4.59. The molecule has 3 atom stereocenters. The van der Waals surface area contributed by atoms with Gasteiger partial charge in [0.15, 0.2) is 5.82 Å². The molecule has 0 spiro atoms. The van der Waals surface area contributed by atoms with Crippen LogP contribution in [0.5, 0.6) is 0 Å². The Kier molecular flexibility index (Phi) is 6.09. The number of carbonyl (C=O) groups is 1. The van der Waals surface area contributed by atoms with Crippen LogP contribution in [0, 0.1) is 0 Å². The lowest BCUT2D eigenvalue weighted by Gasteiger charge is -2.22. The molecular formula is C17H28N4O3S. The molecule has 2 aliphatic rings. The van der Waals surface area contributed by atoms with Crippen LogP contribution in [0.15, 0.2) is 4.52 Å². The summed E-state index contributed by atoms with van der Waals surface area (Å²) in [4.78, 5) is 18.7. The number of rotatable bonds is 3. The maximum absolute atomic E-state index is 12.5. The van der Waals surface area contributed by atoms with Crippen molar-refractivity contribution in [3.05, 3.63) is 11.7 Å². The Morgan fingerprint density at radius 3 is 2.80 bits per heavy atom. The van der Waals surface area contributed by atoms with Crippen molar-refractivity contribution in [2.75, 3.05) is 18.8 Å². The number of nitrogens with one attached hydrogen (secondary N) is 1. The lowest BCUT2D eigenvalue weighted by atomic mass is 9.89. The summed E-state index contributed by atoms with van der Waals surface area (Å²) in [5.74, 6) is 2.15. The number of amides is 2. The number of aromatic nitrogens is 2. The third-order valence-corrected chi connectivity index (χ3v) is 6.96. The zero-order valence-electron chi connectivity index (χ0n) is 15.1. The second kappa shape index (κ2) is 8.29. The topological polar surface area (TPSA) is 88.3 Å². The fourth-order valence-electron chi connectivity index (χ4n) is 3.47. The minimum absolute atomic E-state index is 0.143. The Balaban J connectivity index is 1.56. The molecule has 1 aliphatic carbocycles. The van der Waals surface area contributed by atoms with Gasteiger partial charge in [-0.2, -0.15) is 4.98 Å². The smallest absolute Gasteiger partial charge is 0.318 e. The molecule has 140 valence electrons. The summed E-state index contributed by atoms with van der Waals surface area (Å²) in [5, 5.41) is 7.20. The Morgan fingerprint density at radius 1 is 1.28 bits per heavy atom. The minimum atomic E-state index is -0.850. The molecule has 2 amide bonds. The van der Waals surface area contributed by atoms with Crippen molar-refractivity contribution in [1.29, 1.82) is 0 Å². The molecule has 1 N–H and O–H groups in total. The van der Waals surface area contributed by atoms with Gasteiger partial charge < -0.3 is 14.7 Å². The Labute approximate surface area is 151 Å². The van der Waals surface area contributed by atoms with Crippen LogP contribution in [0.4, 0.5) is 4.79 Å². The third-order valence-electron chi connectivity index (χ3n) is 5.24. The van der Waals surface area contributed by atoms with Crippen LogP contribution in [-0.4, -0.2) is 49.4 Å². The Bertz CT molecular complexity index is 615. The lowest BCUT2D eigenvalue weighted by molar-refractivity contribution is 0.195. The van der Waals surface area contributed by atoms with Gasteiger partial charge in [-0.05, 0) is 26.2 Å². The van der Waals surface area contributed by atoms with Gasteiger partial charge in [0.25, 0.3) is 0 Å². The first-order valence-electron chi connectivity index (χ1n) is 9.30. The molecule has 0 bridgehead atoms. The molecule has 1 aliphatic heterocycles. The predicted molar refractivity (Wildman–Crippen MR) is 95.7 cm³/mol. The number of nitrogens with zero attached hydrogens (tertiary/aromatic N) is 3. The second-order valence-corrected chi connectivity index (χ2v) is 9.14. The fraction of sp³-hybridized carbons (Fsp3) is 0.824. The van der Waals surface area contributed by atoms with E-state index in [2.05, 4.69) is 15.5 Å². The van der Waals surface area contributed by atoms with Crippen molar-refractivity contribution in [2.45, 2.75) is 69.6 Å². The van der Waals surface area contributed by atoms with Gasteiger partial charge in [-0.3, -0.25) is 4.21 Å². The number of hydrogen-bond acceptors (Lipinski definition) is 5. The van der Waals surface area contributed by atoms with E-state index in [9.17, 15) is 9.00 Å². The number of hydrogen-bond donors (Lipinski definition) is 1. The van der Waals surface area contributed by atoms with Crippen molar-refractivity contribution < 1.29 is 13.5 Å². The highest BCUT2D eigenvalue weighted by atomic mass is 32.2. The monoisotopic (exact) mass is 368 g/mol. The number of carbonyl (C=O) groups excluding carboxylic acids is 1. The summed E-state index contributed by atoms with van der Waals surface area (Å²) in [6.45, 7) is 4.98. The largest absolute Gasteiger partial charge is 0.337 e. The molecule has 1 aromatic rings. The van der Waals surface area contributed by atoms with Crippen LogP contribution in [0.2, 0.25) is 0 Å². The molecular weight excluding hydrogens is 340 g/mol. The predicted octanol–water partition coefficient (Wildman–Crippen LogP) is 2.73. The highest BCUT2D eigenvalue weighted by Gasteiger charge is 2.26. The molecule has 3 rings (SSSR count). The van der Waals surface area contributed by atoms with E-state index >= 15 is 0 Å². The van der Waals surface area contributed by atoms with Crippen molar-refractivity contribution >= 4 is 16.8 Å². The first kappa shape index (κ1) is 18.4. The standard InChI is InChI=1S/C17H28N4O3S/c1-12-8-9-21(10-11-25(12)23)17(22)18-13(2)16-19-15(20-24-16)14-6-4-3-5-7-14/h12-14H,3-11H2,1-2H3,(H,18,22). The molecule has 25 heavy (non-hydrogen) atoms. The molecule has 2 fully saturated rings. The van der Waals surface area contributed by atoms with Gasteiger partial charge in [0, 0.05) is 40.8 Å². The van der Waals surface area contributed by atoms with E-state index in [0.717, 1.165) is 25.1 Å². The molecule has 2 heterocycles. The van der Waals surface area contributed by atoms with Crippen molar-refractivity contribution in [3.8, 4) is 0 Å². The Hall–Kier alpha value is -1.44. The number of urea groups is 1. The summed E-state index contributed by atoms with van der Waals surface area (Å²) in [6, 6.07) is -0.487. The molecule has 7 nitrogen and oxygen atoms in total. The summed E-state index contributed by atoms with van der Waals surface area (Å²) in [5.41, 5.74) is 0. The van der Waals surface area contributed by atoms with Crippen LogP contribution in [0.25, 0.3) is 0 Å². The molecule has 8 heteroatoms. The van der Waals surface area contributed by atoms with Gasteiger partial charge >= 0.3 is 6.03 Å². The van der Waals surface area contributed by atoms with Gasteiger partial charge in [-0.15, -0.1) is 0 Å². The van der Waals surface area contributed by atoms with Crippen molar-refractivity contribution in [3.63, 3.8) is 0 Å². The van der Waals surface area contributed by atoms with E-state index in [1.165, 1.54) is 19.3 Å². The van der Waals surface area contributed by atoms with E-state index in [0.29, 0.717) is 30.7 Å². The minimum Gasteiger partial charge on any atom is -0.337 e. The SMILES string of the molecule is CC(NC(=O)N1CCC(C)S(=O)CC1)c1nc(C2CCCCC2)no1. The zero-order chi connectivity index (χ0) is 17.8. The summed E-state index contributed by atoms with van der Waals surface area (Å²) >= 11 is 0. The van der Waals surface area contributed by atoms with Gasteiger partial charge in [0.1, 0.15) is 6.04 Å². The molecule has 1 aromatic heterocycles. The average Bonchev–Trinajstić information content (AvgIpc) is 3.05. The van der Waals surface area contributed by atoms with Crippen molar-refractivity contribution in [1.82, 2.24) is 20.4 Å². The highest BCUT2D eigenvalue weighted by molar-refractivity contribution is 7.85. The maximum Gasteiger partial charge on any atom is 0.318 e. The second-order valence-electron chi connectivity index (χ2n) is 7.17. The maximum atomic E-state index is 12.5. The van der Waals surface area contributed by atoms with Crippen LogP contribution in [0.1, 0.15) is 76.0 Å². The van der Waals surface area contributed by atoms with E-state index in [4.69, 9.17) is 4.52 Å². The van der Waals surface area contributed by atoms with Gasteiger partial charge in [0.05, 0.1) is 0 Å². The summed E-state index contributed by atoms with van der Waals surface area (Å²) < 4.78 is 17.3. The molecule has 0 radical (unpaired) electrons. The molecule has 1 saturated heterocycles. The van der Waals surface area contributed by atoms with Crippen LogP contribution < -0.4 is 5.32 Å². The molecule has 0 aromatic carbocycles. The van der Waals surface area contributed by atoms with Crippen LogP contribution in [-0.2, 0) is 10.8 Å².